The van der Waals surface area contributed by atoms with Gasteiger partial charge in [0.1, 0.15) is 0 Å². The second kappa shape index (κ2) is 5.83. The molecular formula is C12H26N2O. The zero-order valence-corrected chi connectivity index (χ0v) is 10.5. The molecule has 0 spiro atoms. The Bertz CT molecular complexity index is 174. The highest BCUT2D eigenvalue weighted by Gasteiger charge is 2.38. The van der Waals surface area contributed by atoms with Crippen LogP contribution in [0.5, 0.6) is 0 Å². The number of ether oxygens (including phenoxy) is 1. The molecule has 1 saturated carbocycles. The van der Waals surface area contributed by atoms with Crippen molar-refractivity contribution in [1.82, 2.24) is 4.90 Å². The van der Waals surface area contributed by atoms with Crippen LogP contribution in [0.2, 0.25) is 0 Å². The molecule has 0 aromatic heterocycles. The minimum atomic E-state index is 0.135. The van der Waals surface area contributed by atoms with Gasteiger partial charge in [-0.15, -0.1) is 0 Å². The van der Waals surface area contributed by atoms with Crippen LogP contribution in [-0.2, 0) is 4.74 Å². The van der Waals surface area contributed by atoms with Crippen molar-refractivity contribution in [3.8, 4) is 0 Å². The van der Waals surface area contributed by atoms with Gasteiger partial charge in [-0.05, 0) is 26.9 Å². The van der Waals surface area contributed by atoms with E-state index in [0.29, 0.717) is 6.61 Å². The fourth-order valence-electron chi connectivity index (χ4n) is 2.83. The average molecular weight is 214 g/mol. The summed E-state index contributed by atoms with van der Waals surface area (Å²) in [5.74, 6) is 0. The van der Waals surface area contributed by atoms with E-state index in [4.69, 9.17) is 10.5 Å². The van der Waals surface area contributed by atoms with Gasteiger partial charge in [0.25, 0.3) is 0 Å². The Balaban J connectivity index is 2.74. The summed E-state index contributed by atoms with van der Waals surface area (Å²) in [5, 5.41) is 0. The van der Waals surface area contributed by atoms with Gasteiger partial charge in [0.2, 0.25) is 0 Å². The lowest BCUT2D eigenvalue weighted by atomic mass is 9.82. The van der Waals surface area contributed by atoms with Crippen LogP contribution in [-0.4, -0.2) is 44.3 Å². The van der Waals surface area contributed by atoms with E-state index < -0.39 is 0 Å². The molecule has 0 amide bonds. The number of methoxy groups -OCH3 is 1. The molecule has 1 atom stereocenters. The van der Waals surface area contributed by atoms with Crippen LogP contribution in [0.3, 0.4) is 0 Å². The molecule has 1 fully saturated rings. The summed E-state index contributed by atoms with van der Waals surface area (Å²) >= 11 is 0. The van der Waals surface area contributed by atoms with Crippen molar-refractivity contribution in [3.05, 3.63) is 0 Å². The van der Waals surface area contributed by atoms with Crippen molar-refractivity contribution in [3.63, 3.8) is 0 Å². The van der Waals surface area contributed by atoms with Gasteiger partial charge < -0.3 is 15.4 Å². The maximum absolute atomic E-state index is 6.30. The Hall–Kier alpha value is -0.120. The van der Waals surface area contributed by atoms with Crippen molar-refractivity contribution in [2.45, 2.75) is 50.1 Å². The standard InChI is InChI=1S/C12H26N2O/c1-14(2)12(11(13)10-15-3)8-6-4-5-7-9-12/h11H,4-10,13H2,1-3H3. The topological polar surface area (TPSA) is 38.5 Å². The predicted molar refractivity (Wildman–Crippen MR) is 64.0 cm³/mol. The van der Waals surface area contributed by atoms with Gasteiger partial charge in [0, 0.05) is 18.7 Å². The molecule has 0 bridgehead atoms. The quantitative estimate of drug-likeness (QED) is 0.723. The Morgan fingerprint density at radius 3 is 2.13 bits per heavy atom. The average Bonchev–Trinajstić information content (AvgIpc) is 2.43. The van der Waals surface area contributed by atoms with Crippen LogP contribution in [0, 0.1) is 0 Å². The van der Waals surface area contributed by atoms with Gasteiger partial charge in [0.15, 0.2) is 0 Å². The lowest BCUT2D eigenvalue weighted by Gasteiger charge is -2.44. The van der Waals surface area contributed by atoms with Crippen LogP contribution in [0.1, 0.15) is 38.5 Å². The summed E-state index contributed by atoms with van der Waals surface area (Å²) in [7, 11) is 6.04. The van der Waals surface area contributed by atoms with Gasteiger partial charge >= 0.3 is 0 Å². The van der Waals surface area contributed by atoms with Crippen LogP contribution >= 0.6 is 0 Å². The van der Waals surface area contributed by atoms with Crippen molar-refractivity contribution in [2.24, 2.45) is 5.73 Å². The fraction of sp³-hybridized carbons (Fsp3) is 1.00. The zero-order chi connectivity index (χ0) is 11.3. The fourth-order valence-corrected chi connectivity index (χ4v) is 2.83. The smallest absolute Gasteiger partial charge is 0.0631 e. The molecule has 0 saturated heterocycles. The number of hydrogen-bond acceptors (Lipinski definition) is 3. The van der Waals surface area contributed by atoms with E-state index in [1.54, 1.807) is 7.11 Å². The molecule has 1 unspecified atom stereocenters. The number of nitrogens with two attached hydrogens (primary N) is 1. The number of likely N-dealkylation sites (N-methyl/N-ethyl adjacent to an activating group) is 1. The first-order valence-corrected chi connectivity index (χ1v) is 6.05. The van der Waals surface area contributed by atoms with Gasteiger partial charge in [-0.2, -0.15) is 0 Å². The Morgan fingerprint density at radius 1 is 1.20 bits per heavy atom. The summed E-state index contributed by atoms with van der Waals surface area (Å²) in [4.78, 5) is 2.32. The Morgan fingerprint density at radius 2 is 1.73 bits per heavy atom. The third-order valence-electron chi connectivity index (χ3n) is 3.90. The second-order valence-corrected chi connectivity index (χ2v) is 4.97. The first kappa shape index (κ1) is 12.9. The molecule has 0 aliphatic heterocycles. The molecule has 0 aromatic rings. The van der Waals surface area contributed by atoms with Crippen LogP contribution in [0.4, 0.5) is 0 Å². The molecule has 2 N–H and O–H groups in total. The lowest BCUT2D eigenvalue weighted by Crippen LogP contribution is -2.58. The molecule has 1 rings (SSSR count). The summed E-state index contributed by atoms with van der Waals surface area (Å²) in [5.41, 5.74) is 6.46. The predicted octanol–water partition coefficient (Wildman–Crippen LogP) is 1.61. The van der Waals surface area contributed by atoms with Crippen molar-refractivity contribution in [1.29, 1.82) is 0 Å². The highest BCUT2D eigenvalue weighted by atomic mass is 16.5. The van der Waals surface area contributed by atoms with Crippen molar-refractivity contribution in [2.75, 3.05) is 27.8 Å². The normalized spacial score (nSPS) is 23.8. The van der Waals surface area contributed by atoms with Crippen molar-refractivity contribution >= 4 is 0 Å². The molecule has 1 aliphatic rings. The zero-order valence-electron chi connectivity index (χ0n) is 10.5. The SMILES string of the molecule is COCC(N)C1(N(C)C)CCCCCC1. The second-order valence-electron chi connectivity index (χ2n) is 4.97. The van der Waals surface area contributed by atoms with Crippen molar-refractivity contribution < 1.29 is 4.74 Å². The van der Waals surface area contributed by atoms with Crippen LogP contribution < -0.4 is 5.73 Å². The van der Waals surface area contributed by atoms with E-state index in [1.807, 2.05) is 0 Å². The van der Waals surface area contributed by atoms with Gasteiger partial charge in [-0.1, -0.05) is 25.7 Å². The third kappa shape index (κ3) is 2.92. The van der Waals surface area contributed by atoms with E-state index >= 15 is 0 Å². The minimum absolute atomic E-state index is 0.135. The summed E-state index contributed by atoms with van der Waals surface area (Å²) < 4.78 is 5.22. The molecule has 3 heteroatoms. The van der Waals surface area contributed by atoms with Crippen LogP contribution in [0.25, 0.3) is 0 Å². The largest absolute Gasteiger partial charge is 0.383 e. The van der Waals surface area contributed by atoms with Gasteiger partial charge in [-0.25, -0.2) is 0 Å². The van der Waals surface area contributed by atoms with E-state index in [-0.39, 0.29) is 11.6 Å². The van der Waals surface area contributed by atoms with E-state index in [1.165, 1.54) is 38.5 Å². The number of nitrogens with zero attached hydrogens (tertiary/aromatic N) is 1. The van der Waals surface area contributed by atoms with Gasteiger partial charge in [-0.3, -0.25) is 0 Å². The number of hydrogen-bond donors (Lipinski definition) is 1. The Kier molecular flexibility index (Phi) is 5.03. The van der Waals surface area contributed by atoms with E-state index in [9.17, 15) is 0 Å². The van der Waals surface area contributed by atoms with Gasteiger partial charge in [0.05, 0.1) is 6.61 Å². The maximum atomic E-state index is 6.30. The molecule has 0 heterocycles. The third-order valence-corrected chi connectivity index (χ3v) is 3.90. The first-order chi connectivity index (χ1) is 7.13. The monoisotopic (exact) mass is 214 g/mol. The molecule has 15 heavy (non-hydrogen) atoms. The molecule has 1 aliphatic carbocycles. The first-order valence-electron chi connectivity index (χ1n) is 6.05. The maximum Gasteiger partial charge on any atom is 0.0631 e. The molecule has 0 aromatic carbocycles. The van der Waals surface area contributed by atoms with E-state index in [0.717, 1.165) is 0 Å². The molecule has 90 valence electrons. The molecule has 0 radical (unpaired) electrons. The lowest BCUT2D eigenvalue weighted by molar-refractivity contribution is 0.0526. The van der Waals surface area contributed by atoms with E-state index in [2.05, 4.69) is 19.0 Å². The number of rotatable bonds is 4. The summed E-state index contributed by atoms with van der Waals surface area (Å²) in [6.45, 7) is 0.665. The Labute approximate surface area is 94.0 Å². The summed E-state index contributed by atoms with van der Waals surface area (Å²) in [6, 6.07) is 0.135. The highest BCUT2D eigenvalue weighted by molar-refractivity contribution is 4.98. The molecular weight excluding hydrogens is 188 g/mol. The minimum Gasteiger partial charge on any atom is -0.383 e. The summed E-state index contributed by atoms with van der Waals surface area (Å²) in [6.07, 6.45) is 7.74. The highest BCUT2D eigenvalue weighted by Crippen LogP contribution is 2.33. The molecule has 3 nitrogen and oxygen atoms in total. The van der Waals surface area contributed by atoms with Crippen LogP contribution in [0.15, 0.2) is 0 Å².